The van der Waals surface area contributed by atoms with E-state index in [2.05, 4.69) is 4.74 Å². The molecule has 1 aromatic carbocycles. The van der Waals surface area contributed by atoms with Gasteiger partial charge in [0, 0.05) is 6.07 Å². The predicted octanol–water partition coefficient (Wildman–Crippen LogP) is 3.39. The Labute approximate surface area is 78.1 Å². The van der Waals surface area contributed by atoms with E-state index in [0.29, 0.717) is 0 Å². The maximum absolute atomic E-state index is 12.9. The van der Waals surface area contributed by atoms with E-state index in [4.69, 9.17) is 11.6 Å². The van der Waals surface area contributed by atoms with Gasteiger partial charge < -0.3 is 4.74 Å². The van der Waals surface area contributed by atoms with E-state index in [0.717, 1.165) is 12.1 Å². The topological polar surface area (TPSA) is 9.23 Å². The fourth-order valence-corrected chi connectivity index (χ4v) is 1.12. The second-order valence-corrected chi connectivity index (χ2v) is 2.82. The first kappa shape index (κ1) is 10.2. The summed E-state index contributed by atoms with van der Waals surface area (Å²) in [6.07, 6.45) is 0. The lowest BCUT2D eigenvalue weighted by atomic mass is 10.2. The minimum absolute atomic E-state index is 0.140. The summed E-state index contributed by atoms with van der Waals surface area (Å²) < 4.78 is 40.4. The van der Waals surface area contributed by atoms with Gasteiger partial charge in [-0.15, -0.1) is 0 Å². The summed E-state index contributed by atoms with van der Waals surface area (Å²) in [6.45, 7) is -1.51. The van der Waals surface area contributed by atoms with Crippen LogP contribution in [0.5, 0.6) is 5.75 Å². The van der Waals surface area contributed by atoms with E-state index < -0.39 is 12.4 Å². The molecule has 13 heavy (non-hydrogen) atoms. The molecular weight excluding hydrogens is 205 g/mol. The first-order valence-electron chi connectivity index (χ1n) is 3.41. The standard InChI is InChI=1S/C8H6ClF3O/c1-4-2-5(13-8(11)12)3-6(9)7(4)10/h2-3,8H,1H3. The zero-order chi connectivity index (χ0) is 10.0. The van der Waals surface area contributed by atoms with Crippen LogP contribution in [0.1, 0.15) is 5.56 Å². The van der Waals surface area contributed by atoms with Crippen LogP contribution in [0.3, 0.4) is 0 Å². The Kier molecular flexibility index (Phi) is 3.03. The smallest absolute Gasteiger partial charge is 0.387 e. The molecule has 0 atom stereocenters. The van der Waals surface area contributed by atoms with Gasteiger partial charge in [0.2, 0.25) is 0 Å². The molecule has 5 heteroatoms. The van der Waals surface area contributed by atoms with Crippen LogP contribution in [0.25, 0.3) is 0 Å². The van der Waals surface area contributed by atoms with Crippen molar-refractivity contribution >= 4 is 11.6 Å². The van der Waals surface area contributed by atoms with Crippen LogP contribution in [0.15, 0.2) is 12.1 Å². The Bertz CT molecular complexity index is 291. The number of benzene rings is 1. The molecule has 0 bridgehead atoms. The summed E-state index contributed by atoms with van der Waals surface area (Å²) in [6, 6.07) is 2.17. The minimum Gasteiger partial charge on any atom is -0.435 e. The molecule has 0 N–H and O–H groups in total. The Hall–Kier alpha value is -0.900. The van der Waals surface area contributed by atoms with Crippen molar-refractivity contribution in [3.05, 3.63) is 28.5 Å². The van der Waals surface area contributed by atoms with Gasteiger partial charge in [0.25, 0.3) is 0 Å². The molecule has 0 aliphatic heterocycles. The molecule has 0 aliphatic rings. The van der Waals surface area contributed by atoms with Crippen molar-refractivity contribution in [3.63, 3.8) is 0 Å². The second-order valence-electron chi connectivity index (χ2n) is 2.41. The lowest BCUT2D eigenvalue weighted by molar-refractivity contribution is -0.0499. The molecule has 0 saturated heterocycles. The first-order chi connectivity index (χ1) is 6.00. The summed E-state index contributed by atoms with van der Waals surface area (Å²) in [5.74, 6) is -0.762. The Balaban J connectivity index is 2.99. The first-order valence-corrected chi connectivity index (χ1v) is 3.79. The molecule has 1 aromatic rings. The van der Waals surface area contributed by atoms with Gasteiger partial charge in [-0.2, -0.15) is 8.78 Å². The number of halogens is 4. The lowest BCUT2D eigenvalue weighted by Crippen LogP contribution is -2.02. The number of hydrogen-bond acceptors (Lipinski definition) is 1. The van der Waals surface area contributed by atoms with Crippen molar-refractivity contribution in [1.29, 1.82) is 0 Å². The number of hydrogen-bond donors (Lipinski definition) is 0. The van der Waals surface area contributed by atoms with Gasteiger partial charge in [-0.3, -0.25) is 0 Å². The lowest BCUT2D eigenvalue weighted by Gasteiger charge is -2.06. The molecule has 0 heterocycles. The average molecular weight is 211 g/mol. The number of aryl methyl sites for hydroxylation is 1. The van der Waals surface area contributed by atoms with Crippen molar-refractivity contribution < 1.29 is 17.9 Å². The summed E-state index contributed by atoms with van der Waals surface area (Å²) >= 11 is 5.40. The van der Waals surface area contributed by atoms with Crippen molar-refractivity contribution in [3.8, 4) is 5.75 Å². The van der Waals surface area contributed by atoms with Gasteiger partial charge in [0.1, 0.15) is 11.6 Å². The van der Waals surface area contributed by atoms with Gasteiger partial charge in [-0.1, -0.05) is 11.6 Å². The highest BCUT2D eigenvalue weighted by atomic mass is 35.5. The quantitative estimate of drug-likeness (QED) is 0.727. The molecule has 0 saturated carbocycles. The Morgan fingerprint density at radius 2 is 2.00 bits per heavy atom. The summed E-state index contributed by atoms with van der Waals surface area (Å²) in [7, 11) is 0. The van der Waals surface area contributed by atoms with Crippen molar-refractivity contribution in [2.45, 2.75) is 13.5 Å². The van der Waals surface area contributed by atoms with Gasteiger partial charge >= 0.3 is 6.61 Å². The molecule has 0 spiro atoms. The highest BCUT2D eigenvalue weighted by Crippen LogP contribution is 2.25. The van der Waals surface area contributed by atoms with E-state index in [1.54, 1.807) is 0 Å². The molecule has 0 aromatic heterocycles. The van der Waals surface area contributed by atoms with Crippen molar-refractivity contribution in [2.75, 3.05) is 0 Å². The van der Waals surface area contributed by atoms with Crippen LogP contribution in [0.4, 0.5) is 13.2 Å². The molecule has 0 amide bonds. The maximum atomic E-state index is 12.9. The zero-order valence-corrected chi connectivity index (χ0v) is 7.41. The van der Waals surface area contributed by atoms with E-state index in [1.165, 1.54) is 6.92 Å². The van der Waals surface area contributed by atoms with E-state index in [-0.39, 0.29) is 16.3 Å². The summed E-state index contributed by atoms with van der Waals surface area (Å²) in [4.78, 5) is 0. The summed E-state index contributed by atoms with van der Waals surface area (Å²) in [5, 5.41) is -0.226. The molecular formula is C8H6ClF3O. The SMILES string of the molecule is Cc1cc(OC(F)F)cc(Cl)c1F. The Morgan fingerprint density at radius 3 is 2.46 bits per heavy atom. The van der Waals surface area contributed by atoms with Crippen LogP contribution in [0.2, 0.25) is 5.02 Å². The molecule has 0 unspecified atom stereocenters. The third kappa shape index (κ3) is 2.52. The average Bonchev–Trinajstić information content (AvgIpc) is 1.98. The fraction of sp³-hybridized carbons (Fsp3) is 0.250. The van der Waals surface area contributed by atoms with Crippen LogP contribution in [-0.4, -0.2) is 6.61 Å². The largest absolute Gasteiger partial charge is 0.435 e. The Morgan fingerprint density at radius 1 is 1.38 bits per heavy atom. The van der Waals surface area contributed by atoms with Gasteiger partial charge in [0.15, 0.2) is 0 Å². The molecule has 72 valence electrons. The van der Waals surface area contributed by atoms with Gasteiger partial charge in [0.05, 0.1) is 5.02 Å². The van der Waals surface area contributed by atoms with Crippen LogP contribution >= 0.6 is 11.6 Å². The molecule has 1 rings (SSSR count). The third-order valence-corrected chi connectivity index (χ3v) is 1.68. The van der Waals surface area contributed by atoms with E-state index >= 15 is 0 Å². The highest BCUT2D eigenvalue weighted by Gasteiger charge is 2.09. The molecule has 1 nitrogen and oxygen atoms in total. The van der Waals surface area contributed by atoms with Crippen molar-refractivity contribution in [1.82, 2.24) is 0 Å². The summed E-state index contributed by atoms with van der Waals surface area (Å²) in [5.41, 5.74) is 0.170. The normalized spacial score (nSPS) is 10.6. The number of ether oxygens (including phenoxy) is 1. The molecule has 0 fully saturated rings. The highest BCUT2D eigenvalue weighted by molar-refractivity contribution is 6.30. The zero-order valence-electron chi connectivity index (χ0n) is 6.65. The molecule has 0 radical (unpaired) electrons. The molecule has 0 aliphatic carbocycles. The maximum Gasteiger partial charge on any atom is 0.387 e. The monoisotopic (exact) mass is 210 g/mol. The van der Waals surface area contributed by atoms with Crippen LogP contribution in [0, 0.1) is 12.7 Å². The third-order valence-electron chi connectivity index (χ3n) is 1.41. The predicted molar refractivity (Wildman–Crippen MR) is 42.8 cm³/mol. The minimum atomic E-state index is -2.93. The fourth-order valence-electron chi connectivity index (χ4n) is 0.866. The van der Waals surface area contributed by atoms with Crippen LogP contribution < -0.4 is 4.74 Å². The van der Waals surface area contributed by atoms with E-state index in [9.17, 15) is 13.2 Å². The second kappa shape index (κ2) is 3.87. The number of rotatable bonds is 2. The van der Waals surface area contributed by atoms with Crippen LogP contribution in [-0.2, 0) is 0 Å². The van der Waals surface area contributed by atoms with E-state index in [1.807, 2.05) is 0 Å². The van der Waals surface area contributed by atoms with Gasteiger partial charge in [-0.25, -0.2) is 4.39 Å². The van der Waals surface area contributed by atoms with Gasteiger partial charge in [-0.05, 0) is 18.6 Å². The van der Waals surface area contributed by atoms with Crippen molar-refractivity contribution in [2.24, 2.45) is 0 Å². The number of alkyl halides is 2.